The molecule has 1 saturated heterocycles. The molecule has 5 rings (SSSR count). The summed E-state index contributed by atoms with van der Waals surface area (Å²) in [4.78, 5) is 53.6. The molecule has 0 N–H and O–H groups in total. The van der Waals surface area contributed by atoms with E-state index in [1.54, 1.807) is 13.0 Å². The molecule has 0 unspecified atom stereocenters. The van der Waals surface area contributed by atoms with E-state index >= 15 is 0 Å². The van der Waals surface area contributed by atoms with Crippen LogP contribution in [-0.2, 0) is 38.3 Å². The van der Waals surface area contributed by atoms with Crippen LogP contribution in [0.25, 0.3) is 11.1 Å². The van der Waals surface area contributed by atoms with Gasteiger partial charge in [0, 0.05) is 10.3 Å². The van der Waals surface area contributed by atoms with Gasteiger partial charge in [-0.05, 0) is 41.3 Å². The first-order chi connectivity index (χ1) is 21.5. The van der Waals surface area contributed by atoms with Crippen molar-refractivity contribution in [2.24, 2.45) is 11.8 Å². The smallest absolute Gasteiger partial charge is 0.457 e. The molecule has 0 aromatic heterocycles. The van der Waals surface area contributed by atoms with Crippen molar-refractivity contribution in [2.75, 3.05) is 19.8 Å². The number of amides is 2. The second-order valence-electron chi connectivity index (χ2n) is 10.8. The Bertz CT molecular complexity index is 1740. The minimum atomic E-state index is -4.33. The molecule has 45 heavy (non-hydrogen) atoms. The predicted molar refractivity (Wildman–Crippen MR) is 171 cm³/mol. The molecule has 236 valence electrons. The molecule has 0 bridgehead atoms. The van der Waals surface area contributed by atoms with Crippen molar-refractivity contribution < 1.29 is 41.8 Å². The number of fused-ring (bicyclic) bond motifs is 2. The first-order valence-corrected chi connectivity index (χ1v) is 17.1. The summed E-state index contributed by atoms with van der Waals surface area (Å²) in [5.74, 6) is -3.53. The van der Waals surface area contributed by atoms with Gasteiger partial charge in [-0.3, -0.25) is 9.59 Å². The van der Waals surface area contributed by atoms with Crippen molar-refractivity contribution >= 4 is 56.6 Å². The number of esters is 1. The zero-order valence-electron chi connectivity index (χ0n) is 24.6. The molecular weight excluding hydrogens is 715 g/mol. The van der Waals surface area contributed by atoms with Gasteiger partial charge < -0.3 is 19.1 Å². The van der Waals surface area contributed by atoms with Gasteiger partial charge in [0.15, 0.2) is 0 Å². The van der Waals surface area contributed by atoms with Gasteiger partial charge in [-0.25, -0.2) is 22.3 Å². The van der Waals surface area contributed by atoms with Crippen molar-refractivity contribution in [1.82, 2.24) is 9.21 Å². The third kappa shape index (κ3) is 5.56. The highest BCUT2D eigenvalue weighted by molar-refractivity contribution is 14.1. The van der Waals surface area contributed by atoms with Gasteiger partial charge in [0.1, 0.15) is 29.9 Å². The number of hydrogen-bond donors (Lipinski definition) is 0. The number of ether oxygens (including phenoxy) is 3. The number of benzene rings is 2. The quantitative estimate of drug-likeness (QED) is 0.106. The van der Waals surface area contributed by atoms with Crippen LogP contribution in [-0.4, -0.2) is 73.5 Å². The third-order valence-electron chi connectivity index (χ3n) is 8.20. The second-order valence-corrected chi connectivity index (χ2v) is 13.4. The molecule has 2 aromatic carbocycles. The molecule has 0 radical (unpaired) electrons. The van der Waals surface area contributed by atoms with E-state index < -0.39 is 64.5 Å². The normalized spacial score (nSPS) is 21.9. The Morgan fingerprint density at radius 2 is 1.71 bits per heavy atom. The fourth-order valence-electron chi connectivity index (χ4n) is 6.09. The molecule has 3 heterocycles. The summed E-state index contributed by atoms with van der Waals surface area (Å²) in [5.41, 5.74) is 2.46. The standard InChI is InChI=1S/C32H31IN2O9S/c1-5-12-42-31(38)28-24(18(3)27-26(30(37)35(27)28)19(4)44-32(39)43-13-6-2)17-34-29(36)23-14-21(16-33)22(15-25(23)45(34,40)41)20-10-8-7-9-11-20/h5-11,14-15,18-19,26-27H,1-2,12-13,16-17H2,3-4H3/t18-,19+,26+,27+/m0/s1. The van der Waals surface area contributed by atoms with E-state index in [-0.39, 0.29) is 34.9 Å². The average molecular weight is 747 g/mol. The van der Waals surface area contributed by atoms with Crippen LogP contribution in [0.2, 0.25) is 0 Å². The summed E-state index contributed by atoms with van der Waals surface area (Å²) in [7, 11) is -4.33. The molecule has 3 aliphatic heterocycles. The van der Waals surface area contributed by atoms with Crippen molar-refractivity contribution in [3.8, 4) is 11.1 Å². The van der Waals surface area contributed by atoms with Gasteiger partial charge in [0.2, 0.25) is 5.91 Å². The summed E-state index contributed by atoms with van der Waals surface area (Å²) in [6.45, 7) is 9.58. The van der Waals surface area contributed by atoms with E-state index in [2.05, 4.69) is 35.7 Å². The topological polar surface area (TPSA) is 137 Å². The van der Waals surface area contributed by atoms with Crippen LogP contribution in [0.1, 0.15) is 29.8 Å². The summed E-state index contributed by atoms with van der Waals surface area (Å²) < 4.78 is 44.6. The van der Waals surface area contributed by atoms with Gasteiger partial charge in [-0.1, -0.05) is 85.2 Å². The predicted octanol–water partition coefficient (Wildman–Crippen LogP) is 4.62. The van der Waals surface area contributed by atoms with Gasteiger partial charge in [0.05, 0.1) is 24.1 Å². The van der Waals surface area contributed by atoms with Crippen LogP contribution < -0.4 is 0 Å². The molecule has 11 nitrogen and oxygen atoms in total. The molecule has 4 atom stereocenters. The Hall–Kier alpha value is -3.98. The first-order valence-electron chi connectivity index (χ1n) is 14.1. The maximum absolute atomic E-state index is 13.9. The van der Waals surface area contributed by atoms with Crippen LogP contribution in [0, 0.1) is 11.8 Å². The molecule has 0 spiro atoms. The SMILES string of the molecule is C=CCOC(=O)O[C@H](C)[C@H]1C(=O)N2C(C(=O)OCC=C)=C(CN3C(=O)c4cc(CI)c(-c5ccccc5)cc4S3(=O)=O)[C@H](C)[C@H]12. The lowest BCUT2D eigenvalue weighted by atomic mass is 9.77. The van der Waals surface area contributed by atoms with Crippen molar-refractivity contribution in [3.05, 3.63) is 90.2 Å². The number of rotatable bonds is 11. The van der Waals surface area contributed by atoms with E-state index in [0.717, 1.165) is 15.4 Å². The maximum Gasteiger partial charge on any atom is 0.508 e. The largest absolute Gasteiger partial charge is 0.508 e. The van der Waals surface area contributed by atoms with Gasteiger partial charge >= 0.3 is 12.1 Å². The van der Waals surface area contributed by atoms with Crippen LogP contribution in [0.4, 0.5) is 4.79 Å². The lowest BCUT2D eigenvalue weighted by Gasteiger charge is -2.47. The zero-order chi connectivity index (χ0) is 32.6. The summed E-state index contributed by atoms with van der Waals surface area (Å²) in [6, 6.07) is 11.8. The number of β-lactam (4-membered cyclic amide) rings is 1. The Kier molecular flexibility index (Phi) is 9.21. The fourth-order valence-corrected chi connectivity index (χ4v) is 8.28. The number of hydrogen-bond acceptors (Lipinski definition) is 9. The summed E-state index contributed by atoms with van der Waals surface area (Å²) >= 11 is 2.17. The number of nitrogens with zero attached hydrogens (tertiary/aromatic N) is 2. The Morgan fingerprint density at radius 3 is 2.36 bits per heavy atom. The second kappa shape index (κ2) is 12.8. The van der Waals surface area contributed by atoms with Crippen LogP contribution in [0.5, 0.6) is 0 Å². The van der Waals surface area contributed by atoms with E-state index in [4.69, 9.17) is 14.2 Å². The molecule has 0 saturated carbocycles. The minimum Gasteiger partial charge on any atom is -0.457 e. The Morgan fingerprint density at radius 1 is 1.04 bits per heavy atom. The van der Waals surface area contributed by atoms with Crippen molar-refractivity contribution in [1.29, 1.82) is 0 Å². The lowest BCUT2D eigenvalue weighted by molar-refractivity contribution is -0.164. The van der Waals surface area contributed by atoms with Crippen molar-refractivity contribution in [3.63, 3.8) is 0 Å². The Labute approximate surface area is 274 Å². The Balaban J connectivity index is 1.50. The molecule has 2 amide bonds. The summed E-state index contributed by atoms with van der Waals surface area (Å²) in [6.07, 6.45) is 0.827. The molecule has 13 heteroatoms. The van der Waals surface area contributed by atoms with Crippen LogP contribution in [0.3, 0.4) is 0 Å². The van der Waals surface area contributed by atoms with E-state index in [0.29, 0.717) is 9.99 Å². The van der Waals surface area contributed by atoms with Crippen molar-refractivity contribution in [2.45, 2.75) is 35.3 Å². The van der Waals surface area contributed by atoms with E-state index in [1.807, 2.05) is 30.3 Å². The van der Waals surface area contributed by atoms with Gasteiger partial charge in [0.25, 0.3) is 15.9 Å². The monoisotopic (exact) mass is 746 g/mol. The number of halogens is 1. The number of carbonyl (C=O) groups excluding carboxylic acids is 4. The van der Waals surface area contributed by atoms with Gasteiger partial charge in [-0.2, -0.15) is 0 Å². The van der Waals surface area contributed by atoms with Gasteiger partial charge in [-0.15, -0.1) is 0 Å². The molecule has 3 aliphatic rings. The molecule has 0 aliphatic carbocycles. The van der Waals surface area contributed by atoms with Crippen LogP contribution >= 0.6 is 22.6 Å². The van der Waals surface area contributed by atoms with E-state index in [1.165, 1.54) is 30.0 Å². The first kappa shape index (κ1) is 32.4. The molecular formula is C32H31IN2O9S. The average Bonchev–Trinajstić information content (AvgIpc) is 3.37. The summed E-state index contributed by atoms with van der Waals surface area (Å²) in [5, 5.41) is 0. The highest BCUT2D eigenvalue weighted by atomic mass is 127. The minimum absolute atomic E-state index is 0.0423. The highest BCUT2D eigenvalue weighted by Crippen LogP contribution is 2.49. The number of sulfonamides is 1. The third-order valence-corrected chi connectivity index (χ3v) is 10.8. The lowest BCUT2D eigenvalue weighted by Crippen LogP contribution is -2.64. The molecule has 2 aromatic rings. The number of carbonyl (C=O) groups is 4. The number of alkyl halides is 1. The van der Waals surface area contributed by atoms with E-state index in [9.17, 15) is 27.6 Å². The highest BCUT2D eigenvalue weighted by Gasteiger charge is 2.61. The maximum atomic E-state index is 13.9. The zero-order valence-corrected chi connectivity index (χ0v) is 27.6. The molecule has 1 fully saturated rings. The fraction of sp³-hybridized carbons (Fsp3) is 0.312. The van der Waals surface area contributed by atoms with Crippen LogP contribution in [0.15, 0.2) is 83.9 Å².